The number of aromatic nitrogens is 1. The minimum Gasteiger partial charge on any atom is -0.489 e. The van der Waals surface area contributed by atoms with Crippen molar-refractivity contribution in [1.29, 1.82) is 0 Å². The van der Waals surface area contributed by atoms with Crippen LogP contribution in [0.5, 0.6) is 0 Å². The lowest BCUT2D eigenvalue weighted by atomic mass is 10.2. The molecule has 0 spiro atoms. The molecule has 0 saturated carbocycles. The minimum atomic E-state index is -0.178. The molecule has 0 radical (unpaired) electrons. The van der Waals surface area contributed by atoms with Crippen LogP contribution in [0.25, 0.3) is 0 Å². The van der Waals surface area contributed by atoms with Crippen LogP contribution in [0.15, 0.2) is 30.2 Å². The van der Waals surface area contributed by atoms with Gasteiger partial charge in [0.25, 0.3) is 0 Å². The van der Waals surface area contributed by atoms with Crippen LogP contribution >= 0.6 is 0 Å². The molecule has 0 amide bonds. The van der Waals surface area contributed by atoms with Crippen molar-refractivity contribution < 1.29 is 9.53 Å². The standard InChI is InChI=1S/C10H10N2O2/c11-7-3-4-8(12-6-7)10(13)9-2-1-5-14-9/h2-4,6H,1,5,11H2. The first kappa shape index (κ1) is 8.74. The second kappa shape index (κ2) is 3.49. The van der Waals surface area contributed by atoms with Gasteiger partial charge in [0.1, 0.15) is 5.69 Å². The molecule has 0 saturated heterocycles. The Labute approximate surface area is 81.4 Å². The van der Waals surface area contributed by atoms with Gasteiger partial charge in [0.2, 0.25) is 5.78 Å². The van der Waals surface area contributed by atoms with Gasteiger partial charge in [-0.3, -0.25) is 9.78 Å². The molecule has 1 aromatic heterocycles. The molecule has 1 aliphatic heterocycles. The molecule has 4 heteroatoms. The number of ketones is 1. The second-order valence-corrected chi connectivity index (χ2v) is 3.01. The van der Waals surface area contributed by atoms with Gasteiger partial charge >= 0.3 is 0 Å². The van der Waals surface area contributed by atoms with Crippen molar-refractivity contribution in [2.75, 3.05) is 12.3 Å². The Morgan fingerprint density at radius 2 is 2.36 bits per heavy atom. The number of Topliss-reactive ketones (excluding diaryl/α,β-unsaturated/α-hetero) is 1. The number of nitrogens with two attached hydrogens (primary N) is 1. The van der Waals surface area contributed by atoms with Crippen molar-refractivity contribution in [2.45, 2.75) is 6.42 Å². The zero-order valence-corrected chi connectivity index (χ0v) is 7.56. The third kappa shape index (κ3) is 1.59. The van der Waals surface area contributed by atoms with Gasteiger partial charge in [-0.2, -0.15) is 0 Å². The van der Waals surface area contributed by atoms with Gasteiger partial charge < -0.3 is 10.5 Å². The summed E-state index contributed by atoms with van der Waals surface area (Å²) in [5.74, 6) is 0.213. The minimum absolute atomic E-state index is 0.178. The first-order valence-corrected chi connectivity index (χ1v) is 4.36. The molecule has 14 heavy (non-hydrogen) atoms. The number of rotatable bonds is 2. The zero-order chi connectivity index (χ0) is 9.97. The van der Waals surface area contributed by atoms with E-state index >= 15 is 0 Å². The maximum Gasteiger partial charge on any atom is 0.245 e. The van der Waals surface area contributed by atoms with Gasteiger partial charge in [-0.25, -0.2) is 0 Å². The summed E-state index contributed by atoms with van der Waals surface area (Å²) in [6.45, 7) is 0.579. The molecule has 2 N–H and O–H groups in total. The van der Waals surface area contributed by atoms with Crippen molar-refractivity contribution in [3.63, 3.8) is 0 Å². The summed E-state index contributed by atoms with van der Waals surface area (Å²) in [7, 11) is 0. The number of hydrogen-bond donors (Lipinski definition) is 1. The molecule has 0 fully saturated rings. The summed E-state index contributed by atoms with van der Waals surface area (Å²) in [6.07, 6.45) is 4.03. The fraction of sp³-hybridized carbons (Fsp3) is 0.200. The van der Waals surface area contributed by atoms with Crippen LogP contribution in [-0.4, -0.2) is 17.4 Å². The number of pyridine rings is 1. The SMILES string of the molecule is Nc1ccc(C(=O)C2=CCCO2)nc1. The number of ether oxygens (including phenoxy) is 1. The molecular formula is C10H10N2O2. The van der Waals surface area contributed by atoms with Crippen LogP contribution in [0, 0.1) is 0 Å². The third-order valence-corrected chi connectivity index (χ3v) is 1.95. The lowest BCUT2D eigenvalue weighted by molar-refractivity contribution is 0.0937. The molecule has 0 bridgehead atoms. The van der Waals surface area contributed by atoms with E-state index in [-0.39, 0.29) is 5.78 Å². The van der Waals surface area contributed by atoms with Gasteiger partial charge in [0.05, 0.1) is 18.5 Å². The second-order valence-electron chi connectivity index (χ2n) is 3.01. The van der Waals surface area contributed by atoms with E-state index in [0.29, 0.717) is 23.7 Å². The van der Waals surface area contributed by atoms with Crippen LogP contribution in [0.1, 0.15) is 16.9 Å². The van der Waals surface area contributed by atoms with Gasteiger partial charge in [-0.1, -0.05) is 0 Å². The van der Waals surface area contributed by atoms with E-state index < -0.39 is 0 Å². The Morgan fingerprint density at radius 3 is 2.93 bits per heavy atom. The van der Waals surface area contributed by atoms with Crippen LogP contribution < -0.4 is 5.73 Å². The molecular weight excluding hydrogens is 180 g/mol. The summed E-state index contributed by atoms with van der Waals surface area (Å²) in [4.78, 5) is 15.6. The number of hydrogen-bond acceptors (Lipinski definition) is 4. The fourth-order valence-corrected chi connectivity index (χ4v) is 1.24. The Kier molecular flexibility index (Phi) is 2.18. The average Bonchev–Trinajstić information content (AvgIpc) is 2.71. The van der Waals surface area contributed by atoms with Crippen molar-refractivity contribution in [1.82, 2.24) is 4.98 Å². The van der Waals surface area contributed by atoms with E-state index in [1.165, 1.54) is 6.20 Å². The first-order valence-electron chi connectivity index (χ1n) is 4.36. The molecule has 0 atom stereocenters. The van der Waals surface area contributed by atoms with Crippen LogP contribution in [-0.2, 0) is 4.74 Å². The normalized spacial score (nSPS) is 14.7. The molecule has 0 aliphatic carbocycles. The average molecular weight is 190 g/mol. The lowest BCUT2D eigenvalue weighted by Crippen LogP contribution is -2.06. The van der Waals surface area contributed by atoms with Crippen molar-refractivity contribution in [3.05, 3.63) is 35.9 Å². The number of allylic oxidation sites excluding steroid dienone is 1. The summed E-state index contributed by atoms with van der Waals surface area (Å²) in [6, 6.07) is 3.25. The number of carbonyl (C=O) groups is 1. The van der Waals surface area contributed by atoms with E-state index in [4.69, 9.17) is 10.5 Å². The molecule has 72 valence electrons. The van der Waals surface area contributed by atoms with Crippen LogP contribution in [0.3, 0.4) is 0 Å². The van der Waals surface area contributed by atoms with Crippen molar-refractivity contribution in [2.24, 2.45) is 0 Å². The van der Waals surface area contributed by atoms with E-state index in [1.54, 1.807) is 18.2 Å². The quantitative estimate of drug-likeness (QED) is 0.710. The summed E-state index contributed by atoms with van der Waals surface area (Å²) < 4.78 is 5.14. The van der Waals surface area contributed by atoms with E-state index in [9.17, 15) is 4.79 Å². The maximum atomic E-state index is 11.7. The Balaban J connectivity index is 2.22. The first-order chi connectivity index (χ1) is 6.77. The Hall–Kier alpha value is -1.84. The Morgan fingerprint density at radius 1 is 1.50 bits per heavy atom. The highest BCUT2D eigenvalue weighted by Gasteiger charge is 2.17. The van der Waals surface area contributed by atoms with Gasteiger partial charge in [0, 0.05) is 6.42 Å². The molecule has 2 heterocycles. The van der Waals surface area contributed by atoms with Gasteiger partial charge in [0.15, 0.2) is 5.76 Å². The monoisotopic (exact) mass is 190 g/mol. The van der Waals surface area contributed by atoms with E-state index in [1.807, 2.05) is 0 Å². The van der Waals surface area contributed by atoms with E-state index in [0.717, 1.165) is 6.42 Å². The lowest BCUT2D eigenvalue weighted by Gasteiger charge is -2.01. The molecule has 2 rings (SSSR count). The van der Waals surface area contributed by atoms with Crippen LogP contribution in [0.2, 0.25) is 0 Å². The van der Waals surface area contributed by atoms with Crippen LogP contribution in [0.4, 0.5) is 5.69 Å². The summed E-state index contributed by atoms with van der Waals surface area (Å²) >= 11 is 0. The number of carbonyl (C=O) groups excluding carboxylic acids is 1. The predicted octanol–water partition coefficient (Wildman–Crippen LogP) is 1.15. The molecule has 4 nitrogen and oxygen atoms in total. The number of anilines is 1. The molecule has 1 aliphatic rings. The maximum absolute atomic E-state index is 11.7. The highest BCUT2D eigenvalue weighted by atomic mass is 16.5. The largest absolute Gasteiger partial charge is 0.489 e. The fourth-order valence-electron chi connectivity index (χ4n) is 1.24. The molecule has 1 aromatic rings. The van der Waals surface area contributed by atoms with E-state index in [2.05, 4.69) is 4.98 Å². The highest BCUT2D eigenvalue weighted by Crippen LogP contribution is 2.14. The van der Waals surface area contributed by atoms with Crippen molar-refractivity contribution >= 4 is 11.5 Å². The number of nitrogen functional groups attached to an aromatic ring is 1. The van der Waals surface area contributed by atoms with Gasteiger partial charge in [-0.15, -0.1) is 0 Å². The third-order valence-electron chi connectivity index (χ3n) is 1.95. The molecule has 0 unspecified atom stereocenters. The number of nitrogens with zero attached hydrogens (tertiary/aromatic N) is 1. The Bertz CT molecular complexity index is 382. The van der Waals surface area contributed by atoms with Gasteiger partial charge in [-0.05, 0) is 18.2 Å². The van der Waals surface area contributed by atoms with Crippen molar-refractivity contribution in [3.8, 4) is 0 Å². The smallest absolute Gasteiger partial charge is 0.245 e. The summed E-state index contributed by atoms with van der Waals surface area (Å²) in [5, 5.41) is 0. The zero-order valence-electron chi connectivity index (χ0n) is 7.56. The topological polar surface area (TPSA) is 65.2 Å². The predicted molar refractivity (Wildman–Crippen MR) is 51.6 cm³/mol. The molecule has 0 aromatic carbocycles. The summed E-state index contributed by atoms with van der Waals surface area (Å²) in [5.41, 5.74) is 6.37. The highest BCUT2D eigenvalue weighted by molar-refractivity contribution is 6.06.